The molecule has 0 bridgehead atoms. The number of methoxy groups -OCH3 is 2. The van der Waals surface area contributed by atoms with Crippen molar-refractivity contribution in [1.29, 1.82) is 0 Å². The number of ether oxygens (including phenoxy) is 2. The first-order chi connectivity index (χ1) is 12.9. The van der Waals surface area contributed by atoms with Crippen LogP contribution >= 0.6 is 0 Å². The normalized spacial score (nSPS) is 15.5. The molecular weight excluding hydrogens is 348 g/mol. The molecule has 150 valence electrons. The topological polar surface area (TPSA) is 89.9 Å². The number of carbonyl (C=O) groups excluding carboxylic acids is 2. The van der Waals surface area contributed by atoms with Gasteiger partial charge in [0.15, 0.2) is 0 Å². The highest BCUT2D eigenvalue weighted by Crippen LogP contribution is 2.28. The van der Waals surface area contributed by atoms with Crippen molar-refractivity contribution in [2.24, 2.45) is 0 Å². The Morgan fingerprint density at radius 1 is 0.926 bits per heavy atom. The van der Waals surface area contributed by atoms with Crippen molar-refractivity contribution in [3.8, 4) is 0 Å². The SMILES string of the molecule is CCCCCCCCC/C(=C/C1=C(C)C(=O)C(OC)=C(OC)C1=O)C(=O)O. The van der Waals surface area contributed by atoms with E-state index in [-0.39, 0.29) is 28.2 Å². The zero-order valence-corrected chi connectivity index (χ0v) is 16.7. The van der Waals surface area contributed by atoms with Crippen molar-refractivity contribution in [1.82, 2.24) is 0 Å². The first kappa shape index (κ1) is 22.7. The summed E-state index contributed by atoms with van der Waals surface area (Å²) < 4.78 is 10.00. The number of aliphatic carboxylic acids is 1. The molecule has 0 aromatic rings. The molecule has 0 aromatic carbocycles. The molecule has 0 heterocycles. The first-order valence-corrected chi connectivity index (χ1v) is 9.45. The summed E-state index contributed by atoms with van der Waals surface area (Å²) in [7, 11) is 2.56. The second kappa shape index (κ2) is 11.4. The van der Waals surface area contributed by atoms with E-state index < -0.39 is 17.5 Å². The van der Waals surface area contributed by atoms with Crippen molar-refractivity contribution in [3.63, 3.8) is 0 Å². The van der Waals surface area contributed by atoms with Crippen LogP contribution in [0.1, 0.15) is 65.2 Å². The van der Waals surface area contributed by atoms with Crippen molar-refractivity contribution in [2.45, 2.75) is 65.2 Å². The minimum Gasteiger partial charge on any atom is -0.489 e. The largest absolute Gasteiger partial charge is 0.489 e. The van der Waals surface area contributed by atoms with E-state index in [1.807, 2.05) is 0 Å². The molecule has 0 radical (unpaired) electrons. The van der Waals surface area contributed by atoms with Gasteiger partial charge in [0.25, 0.3) is 0 Å². The molecule has 0 amide bonds. The third-order valence-electron chi connectivity index (χ3n) is 4.66. The molecular formula is C21H30O6. The van der Waals surface area contributed by atoms with E-state index in [1.54, 1.807) is 0 Å². The maximum Gasteiger partial charge on any atom is 0.331 e. The number of carboxylic acids is 1. The van der Waals surface area contributed by atoms with Crippen LogP contribution in [0, 0.1) is 0 Å². The molecule has 0 aliphatic heterocycles. The monoisotopic (exact) mass is 378 g/mol. The molecule has 0 atom stereocenters. The highest BCUT2D eigenvalue weighted by atomic mass is 16.5. The number of carbonyl (C=O) groups is 3. The molecule has 6 heteroatoms. The van der Waals surface area contributed by atoms with Gasteiger partial charge in [-0.3, -0.25) is 9.59 Å². The van der Waals surface area contributed by atoms with Gasteiger partial charge in [0.1, 0.15) is 0 Å². The van der Waals surface area contributed by atoms with Crippen LogP contribution in [0.15, 0.2) is 34.3 Å². The van der Waals surface area contributed by atoms with Gasteiger partial charge in [0, 0.05) is 16.7 Å². The van der Waals surface area contributed by atoms with Crippen LogP contribution in [0.4, 0.5) is 0 Å². The van der Waals surface area contributed by atoms with E-state index in [0.29, 0.717) is 6.42 Å². The molecule has 27 heavy (non-hydrogen) atoms. The van der Waals surface area contributed by atoms with Gasteiger partial charge in [-0.15, -0.1) is 0 Å². The standard InChI is InChI=1S/C21H30O6/c1-5-6-7-8-9-10-11-12-15(21(24)25)13-16-14(2)17(22)19(26-3)20(27-4)18(16)23/h13H,5-12H2,1-4H3,(H,24,25)/b15-13-. The second-order valence-electron chi connectivity index (χ2n) is 6.61. The van der Waals surface area contributed by atoms with E-state index in [9.17, 15) is 19.5 Å². The zero-order valence-electron chi connectivity index (χ0n) is 16.7. The summed E-state index contributed by atoms with van der Waals surface area (Å²) in [6, 6.07) is 0. The molecule has 0 fully saturated rings. The molecule has 1 aliphatic rings. The molecule has 0 aromatic heterocycles. The van der Waals surface area contributed by atoms with Gasteiger partial charge in [-0.25, -0.2) is 4.79 Å². The van der Waals surface area contributed by atoms with E-state index in [2.05, 4.69) is 6.92 Å². The van der Waals surface area contributed by atoms with Crippen LogP contribution in [-0.4, -0.2) is 36.9 Å². The Hall–Kier alpha value is -2.37. The predicted octanol–water partition coefficient (Wildman–Crippen LogP) is 4.11. The van der Waals surface area contributed by atoms with Gasteiger partial charge >= 0.3 is 5.97 Å². The number of rotatable bonds is 12. The molecule has 0 unspecified atom stereocenters. The van der Waals surface area contributed by atoms with Crippen molar-refractivity contribution in [2.75, 3.05) is 14.2 Å². The summed E-state index contributed by atoms with van der Waals surface area (Å²) in [6.45, 7) is 3.66. The van der Waals surface area contributed by atoms with Gasteiger partial charge in [-0.2, -0.15) is 0 Å². The molecule has 0 spiro atoms. The quantitative estimate of drug-likeness (QED) is 0.312. The predicted molar refractivity (Wildman–Crippen MR) is 102 cm³/mol. The summed E-state index contributed by atoms with van der Waals surface area (Å²) in [5.41, 5.74) is 0.337. The van der Waals surface area contributed by atoms with Crippen molar-refractivity contribution >= 4 is 17.5 Å². The minimum atomic E-state index is -1.08. The van der Waals surface area contributed by atoms with Gasteiger partial charge in [0.05, 0.1) is 14.2 Å². The highest BCUT2D eigenvalue weighted by Gasteiger charge is 2.34. The van der Waals surface area contributed by atoms with Gasteiger partial charge in [0.2, 0.25) is 23.1 Å². The number of unbranched alkanes of at least 4 members (excludes halogenated alkanes) is 6. The van der Waals surface area contributed by atoms with Crippen molar-refractivity contribution in [3.05, 3.63) is 34.3 Å². The Bertz CT molecular complexity index is 666. The first-order valence-electron chi connectivity index (χ1n) is 9.45. The molecule has 0 saturated heterocycles. The number of hydrogen-bond donors (Lipinski definition) is 1. The number of hydrogen-bond acceptors (Lipinski definition) is 5. The molecule has 1 N–H and O–H groups in total. The minimum absolute atomic E-state index is 0.0537. The van der Waals surface area contributed by atoms with Crippen LogP contribution in [-0.2, 0) is 23.9 Å². The lowest BCUT2D eigenvalue weighted by molar-refractivity contribution is -0.132. The van der Waals surface area contributed by atoms with Gasteiger partial charge in [-0.05, 0) is 25.8 Å². The molecule has 6 nitrogen and oxygen atoms in total. The Morgan fingerprint density at radius 2 is 1.44 bits per heavy atom. The fourth-order valence-electron chi connectivity index (χ4n) is 3.02. The maximum atomic E-state index is 12.6. The van der Waals surface area contributed by atoms with Crippen LogP contribution in [0.3, 0.4) is 0 Å². The number of carboxylic acid groups (broad SMARTS) is 1. The molecule has 1 rings (SSSR count). The van der Waals surface area contributed by atoms with Crippen LogP contribution in [0.2, 0.25) is 0 Å². The van der Waals surface area contributed by atoms with E-state index in [4.69, 9.17) is 9.47 Å². The third kappa shape index (κ3) is 6.08. The smallest absolute Gasteiger partial charge is 0.331 e. The summed E-state index contributed by atoms with van der Waals surface area (Å²) in [5, 5.41) is 9.48. The number of ketones is 2. The Kier molecular flexibility index (Phi) is 9.54. The Labute approximate surface area is 160 Å². The number of allylic oxidation sites excluding steroid dienone is 3. The second-order valence-corrected chi connectivity index (χ2v) is 6.61. The van der Waals surface area contributed by atoms with Gasteiger partial charge < -0.3 is 14.6 Å². The molecule has 1 aliphatic carbocycles. The lowest BCUT2D eigenvalue weighted by Gasteiger charge is -2.19. The zero-order chi connectivity index (χ0) is 20.4. The summed E-state index contributed by atoms with van der Waals surface area (Å²) in [5.74, 6) is -2.44. The van der Waals surface area contributed by atoms with Gasteiger partial charge in [-0.1, -0.05) is 45.4 Å². The fourth-order valence-corrected chi connectivity index (χ4v) is 3.02. The average molecular weight is 378 g/mol. The van der Waals surface area contributed by atoms with E-state index >= 15 is 0 Å². The average Bonchev–Trinajstić information content (AvgIpc) is 2.65. The van der Waals surface area contributed by atoms with E-state index in [1.165, 1.54) is 46.5 Å². The van der Waals surface area contributed by atoms with E-state index in [0.717, 1.165) is 25.7 Å². The number of Topliss-reactive ketones (excluding diaryl/α,β-unsaturated/α-hetero) is 2. The molecule has 0 saturated carbocycles. The maximum absolute atomic E-state index is 12.6. The van der Waals surface area contributed by atoms with Crippen LogP contribution in [0.25, 0.3) is 0 Å². The lowest BCUT2D eigenvalue weighted by atomic mass is 9.91. The fraction of sp³-hybridized carbons (Fsp3) is 0.571. The lowest BCUT2D eigenvalue weighted by Crippen LogP contribution is -2.24. The van der Waals surface area contributed by atoms with Crippen molar-refractivity contribution < 1.29 is 29.0 Å². The third-order valence-corrected chi connectivity index (χ3v) is 4.66. The Morgan fingerprint density at radius 3 is 1.96 bits per heavy atom. The van der Waals surface area contributed by atoms with Crippen LogP contribution < -0.4 is 0 Å². The van der Waals surface area contributed by atoms with Crippen LogP contribution in [0.5, 0.6) is 0 Å². The summed E-state index contributed by atoms with van der Waals surface area (Å²) in [6.07, 6.45) is 9.17. The summed E-state index contributed by atoms with van der Waals surface area (Å²) >= 11 is 0. The summed E-state index contributed by atoms with van der Waals surface area (Å²) in [4.78, 5) is 36.6. The Balaban J connectivity index is 2.89. The highest BCUT2D eigenvalue weighted by molar-refractivity contribution is 6.24.